The number of benzene rings is 1. The summed E-state index contributed by atoms with van der Waals surface area (Å²) in [4.78, 5) is 44.3. The van der Waals surface area contributed by atoms with E-state index in [4.69, 9.17) is 16.6 Å². The normalized spacial score (nSPS) is 14.0. The molecule has 3 aromatic heterocycles. The highest BCUT2D eigenvalue weighted by atomic mass is 35.5. The van der Waals surface area contributed by atoms with Crippen LogP contribution >= 0.6 is 22.9 Å². The van der Waals surface area contributed by atoms with Crippen LogP contribution in [0.1, 0.15) is 33.5 Å². The van der Waals surface area contributed by atoms with E-state index in [0.717, 1.165) is 5.69 Å². The van der Waals surface area contributed by atoms with Crippen LogP contribution in [0.5, 0.6) is 0 Å². The number of carbonyl (C=O) groups is 1. The predicted molar refractivity (Wildman–Crippen MR) is 139 cm³/mol. The number of hydrogen-bond acceptors (Lipinski definition) is 7. The molecule has 0 radical (unpaired) electrons. The first kappa shape index (κ1) is 24.3. The molecule has 186 valence electrons. The first-order valence-electron chi connectivity index (χ1n) is 11.6. The van der Waals surface area contributed by atoms with E-state index in [9.17, 15) is 14.0 Å². The summed E-state index contributed by atoms with van der Waals surface area (Å²) in [6.07, 6.45) is 2.35. The zero-order chi connectivity index (χ0) is 25.6. The number of thiazole rings is 1. The quantitative estimate of drug-likeness (QED) is 0.397. The van der Waals surface area contributed by atoms with Gasteiger partial charge in [0.2, 0.25) is 0 Å². The zero-order valence-corrected chi connectivity index (χ0v) is 21.7. The lowest BCUT2D eigenvalue weighted by molar-refractivity contribution is 0.0750. The molecule has 4 aromatic rings. The first-order chi connectivity index (χ1) is 17.3. The third-order valence-corrected chi connectivity index (χ3v) is 7.61. The van der Waals surface area contributed by atoms with E-state index in [1.165, 1.54) is 21.8 Å². The molecule has 0 atom stereocenters. The predicted octanol–water partition coefficient (Wildman–Crippen LogP) is 4.15. The number of hydrogen-bond donors (Lipinski definition) is 0. The lowest BCUT2D eigenvalue weighted by Crippen LogP contribution is -2.49. The number of fused-ring (bicyclic) bond motifs is 1. The Morgan fingerprint density at radius 2 is 1.92 bits per heavy atom. The first-order valence-corrected chi connectivity index (χ1v) is 12.9. The molecule has 11 heteroatoms. The Morgan fingerprint density at radius 3 is 2.61 bits per heavy atom. The molecule has 0 saturated carbocycles. The lowest BCUT2D eigenvalue weighted by atomic mass is 10.1. The van der Waals surface area contributed by atoms with Crippen molar-refractivity contribution in [1.29, 1.82) is 0 Å². The van der Waals surface area contributed by atoms with Crippen molar-refractivity contribution in [1.82, 2.24) is 24.3 Å². The molecule has 1 saturated heterocycles. The van der Waals surface area contributed by atoms with Crippen molar-refractivity contribution in [3.63, 3.8) is 0 Å². The van der Waals surface area contributed by atoms with Crippen LogP contribution in [0, 0.1) is 19.7 Å². The Hall–Kier alpha value is -3.37. The van der Waals surface area contributed by atoms with Crippen molar-refractivity contribution < 1.29 is 9.18 Å². The summed E-state index contributed by atoms with van der Waals surface area (Å²) < 4.78 is 16.4. The fourth-order valence-electron chi connectivity index (χ4n) is 4.32. The van der Waals surface area contributed by atoms with Gasteiger partial charge in [0, 0.05) is 48.0 Å². The van der Waals surface area contributed by atoms with E-state index in [-0.39, 0.29) is 33.4 Å². The maximum atomic E-state index is 15.0. The van der Waals surface area contributed by atoms with Gasteiger partial charge in [-0.25, -0.2) is 19.3 Å². The summed E-state index contributed by atoms with van der Waals surface area (Å²) in [5, 5.41) is 0.266. The molecular weight excluding hydrogens is 503 g/mol. The van der Waals surface area contributed by atoms with Gasteiger partial charge in [-0.05, 0) is 38.5 Å². The highest BCUT2D eigenvalue weighted by Crippen LogP contribution is 2.29. The molecular formula is C25H24ClFN6O2S. The second-order valence-electron chi connectivity index (χ2n) is 8.65. The van der Waals surface area contributed by atoms with Gasteiger partial charge in [0.15, 0.2) is 5.65 Å². The second-order valence-corrected chi connectivity index (χ2v) is 9.95. The highest BCUT2D eigenvalue weighted by Gasteiger charge is 2.27. The van der Waals surface area contributed by atoms with Crippen LogP contribution < -0.4 is 10.5 Å². The Kier molecular flexibility index (Phi) is 6.48. The molecule has 1 amide bonds. The van der Waals surface area contributed by atoms with E-state index < -0.39 is 5.82 Å². The van der Waals surface area contributed by atoms with Gasteiger partial charge in [-0.3, -0.25) is 14.0 Å². The third-order valence-electron chi connectivity index (χ3n) is 6.51. The van der Waals surface area contributed by atoms with Gasteiger partial charge >= 0.3 is 0 Å². The van der Waals surface area contributed by atoms with Crippen LogP contribution in [0.3, 0.4) is 0 Å². The number of rotatable bonds is 4. The van der Waals surface area contributed by atoms with E-state index in [2.05, 4.69) is 9.97 Å². The Balaban J connectivity index is 1.52. The minimum Gasteiger partial charge on any atom is -0.352 e. The Morgan fingerprint density at radius 1 is 1.17 bits per heavy atom. The highest BCUT2D eigenvalue weighted by molar-refractivity contribution is 7.11. The zero-order valence-electron chi connectivity index (χ0n) is 20.1. The molecule has 0 aliphatic carbocycles. The van der Waals surface area contributed by atoms with Crippen LogP contribution in [0.15, 0.2) is 34.7 Å². The molecule has 0 bridgehead atoms. The summed E-state index contributed by atoms with van der Waals surface area (Å²) in [6, 6.07) is 4.34. The van der Waals surface area contributed by atoms with E-state index in [1.807, 2.05) is 16.7 Å². The van der Waals surface area contributed by atoms with Crippen molar-refractivity contribution >= 4 is 40.3 Å². The number of anilines is 1. The minimum atomic E-state index is -0.548. The molecule has 0 unspecified atom stereocenters. The minimum absolute atomic E-state index is 0.0177. The summed E-state index contributed by atoms with van der Waals surface area (Å²) in [7, 11) is 0. The van der Waals surface area contributed by atoms with Crippen LogP contribution in [-0.2, 0) is 6.42 Å². The topological polar surface area (TPSA) is 83.7 Å². The molecule has 0 N–H and O–H groups in total. The standard InChI is InChI=1S/C25H24ClFN6O2S/c1-4-19-22(36-13-28-19)25(35)32-9-7-31(8-10-32)20-12-33-23(29-15(3)14(2)24(33)34)21(30-20)17-6-5-16(26)11-18(17)27/h5-6,11-13H,4,7-10H2,1-3H3. The molecule has 8 nitrogen and oxygen atoms in total. The van der Waals surface area contributed by atoms with Gasteiger partial charge in [-0.2, -0.15) is 0 Å². The van der Waals surface area contributed by atoms with Gasteiger partial charge < -0.3 is 9.80 Å². The van der Waals surface area contributed by atoms with E-state index in [1.54, 1.807) is 37.7 Å². The molecule has 1 fully saturated rings. The monoisotopic (exact) mass is 526 g/mol. The molecule has 36 heavy (non-hydrogen) atoms. The number of carbonyl (C=O) groups excluding carboxylic acids is 1. The number of aromatic nitrogens is 4. The summed E-state index contributed by atoms with van der Waals surface area (Å²) in [6.45, 7) is 7.45. The number of piperazine rings is 1. The number of amides is 1. The summed E-state index contributed by atoms with van der Waals surface area (Å²) in [5.74, 6) is -0.0534. The van der Waals surface area contributed by atoms with Crippen molar-refractivity contribution in [2.75, 3.05) is 31.1 Å². The molecule has 4 heterocycles. The lowest BCUT2D eigenvalue weighted by Gasteiger charge is -2.35. The van der Waals surface area contributed by atoms with Crippen LogP contribution in [0.2, 0.25) is 5.02 Å². The van der Waals surface area contributed by atoms with Crippen molar-refractivity contribution in [2.45, 2.75) is 27.2 Å². The molecule has 1 aromatic carbocycles. The van der Waals surface area contributed by atoms with Crippen molar-refractivity contribution in [3.8, 4) is 11.3 Å². The summed E-state index contributed by atoms with van der Waals surface area (Å²) in [5.41, 5.74) is 4.11. The van der Waals surface area contributed by atoms with Gasteiger partial charge in [0.25, 0.3) is 11.5 Å². The molecule has 1 aliphatic heterocycles. The Bertz CT molecular complexity index is 1540. The smallest absolute Gasteiger partial charge is 0.265 e. The van der Waals surface area contributed by atoms with Gasteiger partial charge in [0.05, 0.1) is 17.4 Å². The molecule has 1 aliphatic rings. The SMILES string of the molecule is CCc1ncsc1C(=O)N1CCN(c2cn3c(=O)c(C)c(C)nc3c(-c3ccc(Cl)cc3F)n2)CC1. The van der Waals surface area contributed by atoms with E-state index >= 15 is 0 Å². The Labute approximate surface area is 216 Å². The number of halogens is 2. The second kappa shape index (κ2) is 9.59. The fraction of sp³-hybridized carbons (Fsp3) is 0.320. The summed E-state index contributed by atoms with van der Waals surface area (Å²) >= 11 is 7.33. The van der Waals surface area contributed by atoms with Gasteiger partial charge in [0.1, 0.15) is 22.2 Å². The van der Waals surface area contributed by atoms with Gasteiger partial charge in [-0.15, -0.1) is 11.3 Å². The maximum Gasteiger partial charge on any atom is 0.265 e. The van der Waals surface area contributed by atoms with Crippen molar-refractivity contribution in [2.24, 2.45) is 0 Å². The largest absolute Gasteiger partial charge is 0.352 e. The van der Waals surface area contributed by atoms with Crippen LogP contribution in [0.4, 0.5) is 10.2 Å². The maximum absolute atomic E-state index is 15.0. The fourth-order valence-corrected chi connectivity index (χ4v) is 5.32. The average molecular weight is 527 g/mol. The van der Waals surface area contributed by atoms with Crippen LogP contribution in [-0.4, -0.2) is 56.3 Å². The average Bonchev–Trinajstić information content (AvgIpc) is 3.36. The number of nitrogens with zero attached hydrogens (tertiary/aromatic N) is 6. The number of aryl methyl sites for hydroxylation is 2. The molecule has 5 rings (SSSR count). The molecule has 0 spiro atoms. The van der Waals surface area contributed by atoms with Crippen LogP contribution in [0.25, 0.3) is 16.9 Å². The third kappa shape index (κ3) is 4.24. The van der Waals surface area contributed by atoms with E-state index in [0.29, 0.717) is 54.6 Å². The van der Waals surface area contributed by atoms with Crippen molar-refractivity contribution in [3.05, 3.63) is 72.9 Å². The van der Waals surface area contributed by atoms with Gasteiger partial charge in [-0.1, -0.05) is 18.5 Å².